The van der Waals surface area contributed by atoms with Gasteiger partial charge < -0.3 is 4.74 Å². The number of methoxy groups -OCH3 is 1. The van der Waals surface area contributed by atoms with Crippen LogP contribution in [-0.2, 0) is 6.18 Å². The van der Waals surface area contributed by atoms with Gasteiger partial charge in [0.05, 0.1) is 23.6 Å². The van der Waals surface area contributed by atoms with Crippen LogP contribution >= 0.6 is 0 Å². The number of aryl methyl sites for hydroxylation is 1. The summed E-state index contributed by atoms with van der Waals surface area (Å²) >= 11 is 0. The zero-order chi connectivity index (χ0) is 13.5. The van der Waals surface area contributed by atoms with Crippen molar-refractivity contribution in [2.45, 2.75) is 13.1 Å². The molecule has 0 saturated heterocycles. The number of aromatic amines is 1. The van der Waals surface area contributed by atoms with Gasteiger partial charge in [-0.05, 0) is 24.6 Å². The van der Waals surface area contributed by atoms with Crippen molar-refractivity contribution in [2.24, 2.45) is 0 Å². The second-order valence-electron chi connectivity index (χ2n) is 3.76. The number of aromatic nitrogens is 2. The van der Waals surface area contributed by atoms with Crippen LogP contribution in [0.1, 0.15) is 11.1 Å². The van der Waals surface area contributed by atoms with Crippen LogP contribution in [0.2, 0.25) is 0 Å². The van der Waals surface area contributed by atoms with Gasteiger partial charge in [-0.15, -0.1) is 0 Å². The van der Waals surface area contributed by atoms with Crippen molar-refractivity contribution in [3.8, 4) is 6.01 Å². The van der Waals surface area contributed by atoms with E-state index in [-0.39, 0.29) is 22.5 Å². The highest BCUT2D eigenvalue weighted by Crippen LogP contribution is 2.33. The molecule has 96 valence electrons. The van der Waals surface area contributed by atoms with Gasteiger partial charge in [0.25, 0.3) is 11.6 Å². The molecule has 0 unspecified atom stereocenters. The fourth-order valence-corrected chi connectivity index (χ4v) is 1.67. The summed E-state index contributed by atoms with van der Waals surface area (Å²) in [5, 5.41) is 0.0984. The molecule has 18 heavy (non-hydrogen) atoms. The van der Waals surface area contributed by atoms with Crippen LogP contribution in [0.15, 0.2) is 16.9 Å². The molecular weight excluding hydrogens is 249 g/mol. The molecule has 1 aromatic carbocycles. The summed E-state index contributed by atoms with van der Waals surface area (Å²) < 4.78 is 42.9. The predicted octanol–water partition coefficient (Wildman–Crippen LogP) is 2.26. The number of fused-ring (bicyclic) bond motifs is 1. The molecule has 1 aromatic heterocycles. The minimum Gasteiger partial charge on any atom is -0.468 e. The van der Waals surface area contributed by atoms with Crippen molar-refractivity contribution < 1.29 is 17.9 Å². The number of benzene rings is 1. The van der Waals surface area contributed by atoms with Crippen molar-refractivity contribution in [3.05, 3.63) is 33.6 Å². The third-order valence-corrected chi connectivity index (χ3v) is 2.53. The number of alkyl halides is 3. The maximum atomic E-state index is 12.7. The van der Waals surface area contributed by atoms with Gasteiger partial charge >= 0.3 is 6.18 Å². The first-order valence-electron chi connectivity index (χ1n) is 4.99. The first-order chi connectivity index (χ1) is 8.32. The first-order valence-corrected chi connectivity index (χ1v) is 4.99. The lowest BCUT2D eigenvalue weighted by molar-refractivity contribution is -0.137. The average Bonchev–Trinajstić information content (AvgIpc) is 2.27. The molecule has 0 spiro atoms. The maximum absolute atomic E-state index is 12.7. The number of nitrogens with zero attached hydrogens (tertiary/aromatic N) is 1. The van der Waals surface area contributed by atoms with E-state index in [0.717, 1.165) is 6.07 Å². The molecule has 0 saturated carbocycles. The smallest absolute Gasteiger partial charge is 0.416 e. The molecule has 0 fully saturated rings. The summed E-state index contributed by atoms with van der Waals surface area (Å²) in [4.78, 5) is 17.7. The largest absolute Gasteiger partial charge is 0.468 e. The van der Waals surface area contributed by atoms with Crippen molar-refractivity contribution in [2.75, 3.05) is 7.11 Å². The molecule has 0 aliphatic carbocycles. The van der Waals surface area contributed by atoms with E-state index in [1.165, 1.54) is 20.1 Å². The molecule has 0 radical (unpaired) electrons. The van der Waals surface area contributed by atoms with E-state index in [1.807, 2.05) is 0 Å². The number of nitrogens with one attached hydrogen (secondary N) is 1. The van der Waals surface area contributed by atoms with Gasteiger partial charge in [-0.3, -0.25) is 9.78 Å². The van der Waals surface area contributed by atoms with Crippen molar-refractivity contribution >= 4 is 10.9 Å². The van der Waals surface area contributed by atoms with Gasteiger partial charge in [0.15, 0.2) is 0 Å². The predicted molar refractivity (Wildman–Crippen MR) is 58.7 cm³/mol. The van der Waals surface area contributed by atoms with Crippen molar-refractivity contribution in [1.82, 2.24) is 9.97 Å². The van der Waals surface area contributed by atoms with Crippen molar-refractivity contribution in [3.63, 3.8) is 0 Å². The van der Waals surface area contributed by atoms with Gasteiger partial charge in [0.2, 0.25) is 0 Å². The molecular formula is C11H9F3N2O2. The Kier molecular flexibility index (Phi) is 2.76. The van der Waals surface area contributed by atoms with Crippen LogP contribution in [0, 0.1) is 6.92 Å². The number of hydrogen-bond acceptors (Lipinski definition) is 3. The molecule has 0 aliphatic heterocycles. The summed E-state index contributed by atoms with van der Waals surface area (Å²) in [5.74, 6) is 0. The van der Waals surface area contributed by atoms with Gasteiger partial charge in [-0.25, -0.2) is 0 Å². The Morgan fingerprint density at radius 2 is 2.00 bits per heavy atom. The highest BCUT2D eigenvalue weighted by Gasteiger charge is 2.33. The molecule has 0 bridgehead atoms. The first kappa shape index (κ1) is 12.4. The van der Waals surface area contributed by atoms with E-state index < -0.39 is 17.3 Å². The second kappa shape index (κ2) is 4.01. The normalized spacial score (nSPS) is 11.8. The third-order valence-electron chi connectivity index (χ3n) is 2.53. The molecule has 2 aromatic rings. The van der Waals surface area contributed by atoms with Crippen LogP contribution in [0.25, 0.3) is 10.9 Å². The summed E-state index contributed by atoms with van der Waals surface area (Å²) in [6.45, 7) is 1.30. The number of ether oxygens (including phenoxy) is 1. The van der Waals surface area contributed by atoms with E-state index in [2.05, 4.69) is 9.97 Å². The second-order valence-corrected chi connectivity index (χ2v) is 3.76. The van der Waals surface area contributed by atoms with Crippen LogP contribution < -0.4 is 10.3 Å². The van der Waals surface area contributed by atoms with Crippen LogP contribution in [0.5, 0.6) is 6.01 Å². The topological polar surface area (TPSA) is 55.0 Å². The highest BCUT2D eigenvalue weighted by molar-refractivity contribution is 5.79. The molecule has 0 amide bonds. The van der Waals surface area contributed by atoms with Crippen LogP contribution in [0.3, 0.4) is 0 Å². The Bertz CT molecular complexity index is 662. The van der Waals surface area contributed by atoms with Crippen LogP contribution in [0.4, 0.5) is 13.2 Å². The maximum Gasteiger partial charge on any atom is 0.416 e. The molecule has 1 N–H and O–H groups in total. The Hall–Kier alpha value is -2.05. The summed E-state index contributed by atoms with van der Waals surface area (Å²) in [6.07, 6.45) is -4.48. The van der Waals surface area contributed by atoms with Crippen molar-refractivity contribution in [1.29, 1.82) is 0 Å². The number of halogens is 3. The number of H-pyrrole nitrogens is 1. The highest BCUT2D eigenvalue weighted by atomic mass is 19.4. The quantitative estimate of drug-likeness (QED) is 0.853. The molecule has 1 heterocycles. The lowest BCUT2D eigenvalue weighted by Gasteiger charge is -2.11. The fraction of sp³-hybridized carbons (Fsp3) is 0.273. The summed E-state index contributed by atoms with van der Waals surface area (Å²) in [7, 11) is 1.27. The molecule has 7 heteroatoms. The Balaban J connectivity index is 2.81. The molecule has 4 nitrogen and oxygen atoms in total. The van der Waals surface area contributed by atoms with Gasteiger partial charge in [0, 0.05) is 0 Å². The van der Waals surface area contributed by atoms with Crippen LogP contribution in [-0.4, -0.2) is 17.1 Å². The molecule has 0 atom stereocenters. The minimum absolute atomic E-state index is 0.0209. The van der Waals surface area contributed by atoms with Gasteiger partial charge in [-0.2, -0.15) is 18.2 Å². The van der Waals surface area contributed by atoms with E-state index in [9.17, 15) is 18.0 Å². The molecule has 0 aliphatic rings. The standard InChI is InChI=1S/C11H9F3N2O2/c1-5-3-6-8(4-7(5)11(12,13)14)15-10(18-2)16-9(6)17/h3-4H,1-2H3,(H,15,16,17). The zero-order valence-electron chi connectivity index (χ0n) is 9.55. The third kappa shape index (κ3) is 2.03. The fourth-order valence-electron chi connectivity index (χ4n) is 1.67. The van der Waals surface area contributed by atoms with E-state index in [4.69, 9.17) is 4.74 Å². The van der Waals surface area contributed by atoms with E-state index in [1.54, 1.807) is 0 Å². The zero-order valence-corrected chi connectivity index (χ0v) is 9.55. The van der Waals surface area contributed by atoms with E-state index >= 15 is 0 Å². The Labute approximate surface area is 99.4 Å². The number of rotatable bonds is 1. The average molecular weight is 258 g/mol. The lowest BCUT2D eigenvalue weighted by atomic mass is 10.1. The Morgan fingerprint density at radius 3 is 2.56 bits per heavy atom. The molecule has 2 rings (SSSR count). The lowest BCUT2D eigenvalue weighted by Crippen LogP contribution is -2.13. The minimum atomic E-state index is -4.48. The monoisotopic (exact) mass is 258 g/mol. The number of hydrogen-bond donors (Lipinski definition) is 1. The SMILES string of the molecule is COc1nc2cc(C(F)(F)F)c(C)cc2c(=O)[nH]1. The summed E-state index contributed by atoms with van der Waals surface area (Å²) in [5.41, 5.74) is -1.41. The van der Waals surface area contributed by atoms with Gasteiger partial charge in [0.1, 0.15) is 0 Å². The van der Waals surface area contributed by atoms with E-state index in [0.29, 0.717) is 0 Å². The summed E-state index contributed by atoms with van der Waals surface area (Å²) in [6, 6.07) is 1.90. The van der Waals surface area contributed by atoms with Gasteiger partial charge in [-0.1, -0.05) is 0 Å². The Morgan fingerprint density at radius 1 is 1.33 bits per heavy atom.